The summed E-state index contributed by atoms with van der Waals surface area (Å²) in [5.74, 6) is -0.202. The van der Waals surface area contributed by atoms with Crippen LogP contribution < -0.4 is 11.1 Å². The van der Waals surface area contributed by atoms with Gasteiger partial charge in [0.2, 0.25) is 5.96 Å². The maximum atomic E-state index is 12.2. The van der Waals surface area contributed by atoms with Crippen molar-refractivity contribution in [1.29, 1.82) is 0 Å². The molecule has 3 N–H and O–H groups in total. The second-order valence-electron chi connectivity index (χ2n) is 4.85. The molecule has 108 valence electrons. The highest BCUT2D eigenvalue weighted by Crippen LogP contribution is 2.15. The minimum atomic E-state index is -0.275. The zero-order valence-corrected chi connectivity index (χ0v) is 11.9. The minimum absolute atomic E-state index is 0.0735. The molecule has 4 nitrogen and oxygen atoms in total. The Labute approximate surface area is 128 Å². The van der Waals surface area contributed by atoms with Gasteiger partial charge in [-0.1, -0.05) is 48.5 Å². The number of nitrogens with zero attached hydrogens (tertiary/aromatic N) is 1. The van der Waals surface area contributed by atoms with Crippen LogP contribution in [0.15, 0.2) is 77.8 Å². The molecular formula is C18H15N3O. The van der Waals surface area contributed by atoms with E-state index in [0.717, 1.165) is 10.8 Å². The Morgan fingerprint density at radius 1 is 0.864 bits per heavy atom. The Morgan fingerprint density at radius 2 is 1.55 bits per heavy atom. The van der Waals surface area contributed by atoms with Crippen molar-refractivity contribution in [3.8, 4) is 0 Å². The van der Waals surface area contributed by atoms with Gasteiger partial charge in [-0.2, -0.15) is 0 Å². The van der Waals surface area contributed by atoms with Gasteiger partial charge in [-0.3, -0.25) is 10.1 Å². The predicted molar refractivity (Wildman–Crippen MR) is 89.1 cm³/mol. The molecule has 0 unspecified atom stereocenters. The molecule has 3 rings (SSSR count). The quantitative estimate of drug-likeness (QED) is 0.562. The van der Waals surface area contributed by atoms with Gasteiger partial charge in [0.25, 0.3) is 5.91 Å². The van der Waals surface area contributed by atoms with Crippen molar-refractivity contribution in [3.05, 3.63) is 78.4 Å². The normalized spacial score (nSPS) is 11.4. The number of amides is 1. The maximum absolute atomic E-state index is 12.2. The number of guanidine groups is 1. The standard InChI is InChI=1S/C18H15N3O/c19-18(20-16-8-2-1-3-9-16)21-17(22)15-11-10-13-6-4-5-7-14(13)12-15/h1-12H,(H3,19,20,21,22). The fourth-order valence-corrected chi connectivity index (χ4v) is 2.19. The van der Waals surface area contributed by atoms with Crippen molar-refractivity contribution < 1.29 is 4.79 Å². The number of aliphatic imine (C=N–C) groups is 1. The molecule has 0 atom stereocenters. The van der Waals surface area contributed by atoms with E-state index in [4.69, 9.17) is 5.73 Å². The van der Waals surface area contributed by atoms with Crippen molar-refractivity contribution in [2.24, 2.45) is 10.7 Å². The number of nitrogens with one attached hydrogen (secondary N) is 1. The molecule has 0 aliphatic heterocycles. The van der Waals surface area contributed by atoms with Crippen LogP contribution in [-0.2, 0) is 0 Å². The van der Waals surface area contributed by atoms with E-state index in [1.54, 1.807) is 6.07 Å². The van der Waals surface area contributed by atoms with E-state index in [-0.39, 0.29) is 11.9 Å². The lowest BCUT2D eigenvalue weighted by Gasteiger charge is -2.06. The van der Waals surface area contributed by atoms with E-state index in [2.05, 4.69) is 10.3 Å². The molecule has 3 aromatic carbocycles. The highest BCUT2D eigenvalue weighted by molar-refractivity contribution is 6.07. The molecule has 1 amide bonds. The number of nitrogens with two attached hydrogens (primary N) is 1. The Hall–Kier alpha value is -3.14. The molecule has 0 aliphatic rings. The van der Waals surface area contributed by atoms with Crippen LogP contribution in [0.1, 0.15) is 10.4 Å². The second-order valence-corrected chi connectivity index (χ2v) is 4.85. The van der Waals surface area contributed by atoms with Crippen LogP contribution in [0.4, 0.5) is 5.69 Å². The lowest BCUT2D eigenvalue weighted by Crippen LogP contribution is -2.36. The number of carbonyl (C=O) groups is 1. The van der Waals surface area contributed by atoms with Crippen LogP contribution in [0.5, 0.6) is 0 Å². The van der Waals surface area contributed by atoms with Gasteiger partial charge in [-0.15, -0.1) is 0 Å². The third-order valence-corrected chi connectivity index (χ3v) is 3.26. The maximum Gasteiger partial charge on any atom is 0.257 e. The minimum Gasteiger partial charge on any atom is -0.369 e. The van der Waals surface area contributed by atoms with Crippen molar-refractivity contribution in [3.63, 3.8) is 0 Å². The topological polar surface area (TPSA) is 67.5 Å². The molecule has 22 heavy (non-hydrogen) atoms. The van der Waals surface area contributed by atoms with Crippen molar-refractivity contribution in [1.82, 2.24) is 5.32 Å². The molecular weight excluding hydrogens is 274 g/mol. The van der Waals surface area contributed by atoms with Crippen LogP contribution >= 0.6 is 0 Å². The highest BCUT2D eigenvalue weighted by Gasteiger charge is 2.07. The predicted octanol–water partition coefficient (Wildman–Crippen LogP) is 3.22. The summed E-state index contributed by atoms with van der Waals surface area (Å²) in [5.41, 5.74) is 7.01. The van der Waals surface area contributed by atoms with Crippen LogP contribution in [0.25, 0.3) is 10.8 Å². The summed E-state index contributed by atoms with van der Waals surface area (Å²) in [6, 6.07) is 22.6. The van der Waals surface area contributed by atoms with E-state index in [0.29, 0.717) is 11.3 Å². The van der Waals surface area contributed by atoms with Gasteiger partial charge < -0.3 is 5.73 Å². The van der Waals surface area contributed by atoms with Gasteiger partial charge in [-0.05, 0) is 35.0 Å². The van der Waals surface area contributed by atoms with Crippen molar-refractivity contribution in [2.45, 2.75) is 0 Å². The van der Waals surface area contributed by atoms with Gasteiger partial charge >= 0.3 is 0 Å². The Morgan fingerprint density at radius 3 is 2.32 bits per heavy atom. The van der Waals surface area contributed by atoms with Crippen molar-refractivity contribution in [2.75, 3.05) is 0 Å². The van der Waals surface area contributed by atoms with E-state index in [1.165, 1.54) is 0 Å². The molecule has 3 aromatic rings. The smallest absolute Gasteiger partial charge is 0.257 e. The van der Waals surface area contributed by atoms with E-state index in [1.807, 2.05) is 66.7 Å². The summed E-state index contributed by atoms with van der Waals surface area (Å²) in [7, 11) is 0. The monoisotopic (exact) mass is 289 g/mol. The molecule has 0 saturated heterocycles. The van der Waals surface area contributed by atoms with Gasteiger partial charge in [0.15, 0.2) is 0 Å². The third-order valence-electron chi connectivity index (χ3n) is 3.26. The van der Waals surface area contributed by atoms with E-state index >= 15 is 0 Å². The summed E-state index contributed by atoms with van der Waals surface area (Å²) >= 11 is 0. The first-order valence-corrected chi connectivity index (χ1v) is 6.92. The number of fused-ring (bicyclic) bond motifs is 1. The number of hydrogen-bond acceptors (Lipinski definition) is 2. The van der Waals surface area contributed by atoms with E-state index in [9.17, 15) is 4.79 Å². The average Bonchev–Trinajstić information content (AvgIpc) is 2.55. The summed E-state index contributed by atoms with van der Waals surface area (Å²) in [5, 5.41) is 4.69. The lowest BCUT2D eigenvalue weighted by molar-refractivity contribution is 0.0977. The Kier molecular flexibility index (Phi) is 3.83. The molecule has 0 aliphatic carbocycles. The SMILES string of the molecule is NC(=Nc1ccccc1)NC(=O)c1ccc2ccccc2c1. The number of hydrogen-bond donors (Lipinski definition) is 2. The van der Waals surface area contributed by atoms with Gasteiger partial charge in [0, 0.05) is 5.56 Å². The number of benzene rings is 3. The van der Waals surface area contributed by atoms with E-state index < -0.39 is 0 Å². The molecule has 0 aromatic heterocycles. The third kappa shape index (κ3) is 3.12. The Bertz CT molecular complexity index is 841. The summed E-state index contributed by atoms with van der Waals surface area (Å²) in [6.07, 6.45) is 0. The van der Waals surface area contributed by atoms with Crippen LogP contribution in [0, 0.1) is 0 Å². The first kappa shape index (κ1) is 13.8. The highest BCUT2D eigenvalue weighted by atomic mass is 16.1. The summed E-state index contributed by atoms with van der Waals surface area (Å²) in [6.45, 7) is 0. The Balaban J connectivity index is 1.79. The second kappa shape index (κ2) is 6.10. The lowest BCUT2D eigenvalue weighted by atomic mass is 10.1. The molecule has 0 bridgehead atoms. The zero-order valence-electron chi connectivity index (χ0n) is 11.9. The first-order valence-electron chi connectivity index (χ1n) is 6.92. The molecule has 0 fully saturated rings. The van der Waals surface area contributed by atoms with Gasteiger partial charge in [0.1, 0.15) is 0 Å². The number of rotatable bonds is 2. The molecule has 0 spiro atoms. The fraction of sp³-hybridized carbons (Fsp3) is 0. The summed E-state index contributed by atoms with van der Waals surface area (Å²) in [4.78, 5) is 16.4. The molecule has 0 heterocycles. The molecule has 0 saturated carbocycles. The largest absolute Gasteiger partial charge is 0.369 e. The molecule has 4 heteroatoms. The van der Waals surface area contributed by atoms with Crippen LogP contribution in [-0.4, -0.2) is 11.9 Å². The van der Waals surface area contributed by atoms with Crippen LogP contribution in [0.3, 0.4) is 0 Å². The number of carbonyl (C=O) groups excluding carboxylic acids is 1. The van der Waals surface area contributed by atoms with Crippen molar-refractivity contribution >= 4 is 28.3 Å². The number of para-hydroxylation sites is 1. The first-order chi connectivity index (χ1) is 10.7. The average molecular weight is 289 g/mol. The van der Waals surface area contributed by atoms with Crippen LogP contribution in [0.2, 0.25) is 0 Å². The summed E-state index contributed by atoms with van der Waals surface area (Å²) < 4.78 is 0. The zero-order chi connectivity index (χ0) is 15.4. The van der Waals surface area contributed by atoms with Gasteiger partial charge in [-0.25, -0.2) is 4.99 Å². The molecule has 0 radical (unpaired) electrons. The fourth-order valence-electron chi connectivity index (χ4n) is 2.19. The van der Waals surface area contributed by atoms with Gasteiger partial charge in [0.05, 0.1) is 5.69 Å².